The predicted octanol–water partition coefficient (Wildman–Crippen LogP) is 3.62. The molecule has 0 aromatic heterocycles. The summed E-state index contributed by atoms with van der Waals surface area (Å²) in [4.78, 5) is 11.5. The Morgan fingerprint density at radius 2 is 1.93 bits per heavy atom. The molecule has 0 aliphatic rings. The van der Waals surface area contributed by atoms with Crippen LogP contribution in [0.5, 0.6) is 5.75 Å². The van der Waals surface area contributed by atoms with E-state index in [0.717, 1.165) is 0 Å². The Morgan fingerprint density at radius 3 is 2.40 bits per heavy atom. The van der Waals surface area contributed by atoms with Crippen LogP contribution in [0, 0.1) is 5.33 Å². The van der Waals surface area contributed by atoms with Gasteiger partial charge in [0, 0.05) is 5.02 Å². The topological polar surface area (TPSA) is 26.3 Å². The van der Waals surface area contributed by atoms with E-state index in [9.17, 15) is 4.79 Å². The Bertz CT molecular complexity index is 346. The fraction of sp³-hybridized carbons (Fsp3) is 0.273. The second-order valence-corrected chi connectivity index (χ2v) is 4.43. The molecule has 2 nitrogen and oxygen atoms in total. The molecule has 0 heterocycles. The molecule has 0 saturated heterocycles. The van der Waals surface area contributed by atoms with E-state index in [1.54, 1.807) is 38.1 Å². The first-order valence-corrected chi connectivity index (χ1v) is 5.67. The normalized spacial score (nSPS) is 11.2. The van der Waals surface area contributed by atoms with Crippen molar-refractivity contribution in [1.29, 1.82) is 0 Å². The van der Waals surface area contributed by atoms with Crippen LogP contribution in [0.3, 0.4) is 0 Å². The van der Waals surface area contributed by atoms with Crippen molar-refractivity contribution >= 4 is 33.3 Å². The lowest BCUT2D eigenvalue weighted by Crippen LogP contribution is -2.37. The van der Waals surface area contributed by atoms with Crippen LogP contribution in [0.15, 0.2) is 24.3 Å². The molecule has 0 amide bonds. The Morgan fingerprint density at radius 1 is 1.40 bits per heavy atom. The molecule has 0 fully saturated rings. The minimum atomic E-state index is -0.878. The molecule has 4 heteroatoms. The van der Waals surface area contributed by atoms with Crippen LogP contribution in [-0.4, -0.2) is 11.4 Å². The molecule has 0 N–H and O–H groups in total. The Hall–Kier alpha value is -0.540. The highest BCUT2D eigenvalue weighted by molar-refractivity contribution is 9.11. The van der Waals surface area contributed by atoms with Crippen LogP contribution < -0.4 is 4.74 Å². The highest BCUT2D eigenvalue weighted by Crippen LogP contribution is 2.22. The Labute approximate surface area is 103 Å². The van der Waals surface area contributed by atoms with Gasteiger partial charge in [0.2, 0.25) is 0 Å². The van der Waals surface area contributed by atoms with E-state index in [-0.39, 0.29) is 5.78 Å². The van der Waals surface area contributed by atoms with Gasteiger partial charge in [-0.25, -0.2) is 0 Å². The molecule has 0 bridgehead atoms. The van der Waals surface area contributed by atoms with E-state index < -0.39 is 5.60 Å². The van der Waals surface area contributed by atoms with Gasteiger partial charge in [0.1, 0.15) is 5.75 Å². The van der Waals surface area contributed by atoms with Gasteiger partial charge < -0.3 is 4.74 Å². The third kappa shape index (κ3) is 3.50. The summed E-state index contributed by atoms with van der Waals surface area (Å²) < 4.78 is 5.54. The van der Waals surface area contributed by atoms with E-state index in [1.807, 2.05) is 0 Å². The largest absolute Gasteiger partial charge is 0.480 e. The number of halogens is 2. The van der Waals surface area contributed by atoms with Gasteiger partial charge in [-0.15, -0.1) is 0 Å². The zero-order valence-electron chi connectivity index (χ0n) is 8.46. The molecule has 1 aromatic carbocycles. The lowest BCUT2D eigenvalue weighted by Gasteiger charge is -2.23. The zero-order valence-corrected chi connectivity index (χ0v) is 10.8. The minimum Gasteiger partial charge on any atom is -0.480 e. The van der Waals surface area contributed by atoms with Gasteiger partial charge in [-0.2, -0.15) is 0 Å². The van der Waals surface area contributed by atoms with Gasteiger partial charge in [0.15, 0.2) is 11.4 Å². The summed E-state index contributed by atoms with van der Waals surface area (Å²) in [5.41, 5.74) is -0.878. The smallest absolute Gasteiger partial charge is 0.190 e. The quantitative estimate of drug-likeness (QED) is 0.846. The van der Waals surface area contributed by atoms with Gasteiger partial charge in [-0.3, -0.25) is 4.79 Å². The monoisotopic (exact) mass is 289 g/mol. The van der Waals surface area contributed by atoms with Crippen molar-refractivity contribution in [3.8, 4) is 5.75 Å². The van der Waals surface area contributed by atoms with Crippen LogP contribution in [0.2, 0.25) is 5.02 Å². The lowest BCUT2D eigenvalue weighted by atomic mass is 10.1. The maximum absolute atomic E-state index is 11.5. The molecule has 81 valence electrons. The third-order valence-electron chi connectivity index (χ3n) is 1.88. The second kappa shape index (κ2) is 4.99. The van der Waals surface area contributed by atoms with Crippen LogP contribution in [0.1, 0.15) is 13.8 Å². The first-order chi connectivity index (χ1) is 6.95. The van der Waals surface area contributed by atoms with Crippen LogP contribution in [-0.2, 0) is 4.79 Å². The van der Waals surface area contributed by atoms with E-state index in [4.69, 9.17) is 16.3 Å². The fourth-order valence-corrected chi connectivity index (χ4v) is 1.66. The van der Waals surface area contributed by atoms with Gasteiger partial charge in [0.05, 0.1) is 5.33 Å². The molecule has 0 saturated carbocycles. The maximum atomic E-state index is 11.5. The fourth-order valence-electron chi connectivity index (χ4n) is 0.979. The number of ketones is 1. The molecular weight excluding hydrogens is 279 g/mol. The Kier molecular flexibility index (Phi) is 4.17. The second-order valence-electron chi connectivity index (χ2n) is 3.54. The molecule has 0 unspecified atom stereocenters. The van der Waals surface area contributed by atoms with Gasteiger partial charge in [-0.1, -0.05) is 27.5 Å². The van der Waals surface area contributed by atoms with Gasteiger partial charge >= 0.3 is 0 Å². The van der Waals surface area contributed by atoms with Crippen LogP contribution in [0.4, 0.5) is 0 Å². The number of rotatable bonds is 4. The number of hydrogen-bond donors (Lipinski definition) is 0. The van der Waals surface area contributed by atoms with Crippen molar-refractivity contribution < 1.29 is 9.53 Å². The Balaban J connectivity index is 2.77. The van der Waals surface area contributed by atoms with Crippen LogP contribution in [0.25, 0.3) is 0 Å². The van der Waals surface area contributed by atoms with E-state index >= 15 is 0 Å². The van der Waals surface area contributed by atoms with Crippen molar-refractivity contribution in [3.63, 3.8) is 0 Å². The van der Waals surface area contributed by atoms with E-state index in [0.29, 0.717) is 10.8 Å². The number of carbonyl (C=O) groups excluding carboxylic acids is 1. The summed E-state index contributed by atoms with van der Waals surface area (Å²) in [7, 11) is 0. The number of Topliss-reactive ketones (excluding diaryl/α,β-unsaturated/α-hetero) is 1. The summed E-state index contributed by atoms with van der Waals surface area (Å²) in [6, 6.07) is 6.89. The summed E-state index contributed by atoms with van der Waals surface area (Å²) in [6.07, 6.45) is 0. The van der Waals surface area contributed by atoms with Crippen LogP contribution >= 0.6 is 27.5 Å². The van der Waals surface area contributed by atoms with E-state index in [2.05, 4.69) is 15.9 Å². The molecule has 0 atom stereocenters. The highest BCUT2D eigenvalue weighted by Gasteiger charge is 2.28. The van der Waals surface area contributed by atoms with Crippen molar-refractivity contribution in [2.24, 2.45) is 0 Å². The number of carbonyl (C=O) groups is 1. The highest BCUT2D eigenvalue weighted by atomic mass is 79.9. The molecule has 1 aromatic rings. The van der Waals surface area contributed by atoms with Crippen molar-refractivity contribution in [1.82, 2.24) is 0 Å². The number of benzene rings is 1. The van der Waals surface area contributed by atoms with Crippen molar-refractivity contribution in [3.05, 3.63) is 34.6 Å². The summed E-state index contributed by atoms with van der Waals surface area (Å²) in [5, 5.41) is 1.96. The number of ether oxygens (including phenoxy) is 1. The zero-order chi connectivity index (χ0) is 11.5. The van der Waals surface area contributed by atoms with Gasteiger partial charge in [0.25, 0.3) is 0 Å². The maximum Gasteiger partial charge on any atom is 0.190 e. The third-order valence-corrected chi connectivity index (χ3v) is 2.55. The standard InChI is InChI=1S/C11H11BrClO2/c1-11(2,10(14)7-12)15-9-5-3-8(13)4-6-9/h3-7H,1-2H3. The minimum absolute atomic E-state index is 0.127. The summed E-state index contributed by atoms with van der Waals surface area (Å²) in [6.45, 7) is 3.42. The molecule has 0 aliphatic heterocycles. The first-order valence-electron chi connectivity index (χ1n) is 4.38. The lowest BCUT2D eigenvalue weighted by molar-refractivity contribution is -0.127. The molecule has 1 radical (unpaired) electrons. The van der Waals surface area contributed by atoms with Crippen molar-refractivity contribution in [2.75, 3.05) is 0 Å². The molecule has 15 heavy (non-hydrogen) atoms. The van der Waals surface area contributed by atoms with Crippen molar-refractivity contribution in [2.45, 2.75) is 19.4 Å². The van der Waals surface area contributed by atoms with Gasteiger partial charge in [-0.05, 0) is 38.1 Å². The molecule has 0 aliphatic carbocycles. The summed E-state index contributed by atoms with van der Waals surface area (Å²) >= 11 is 8.74. The summed E-state index contributed by atoms with van der Waals surface area (Å²) in [5.74, 6) is 0.490. The molecular formula is C11H11BrClO2. The van der Waals surface area contributed by atoms with E-state index in [1.165, 1.54) is 5.33 Å². The average molecular weight is 291 g/mol. The molecule has 0 spiro atoms. The molecule has 1 rings (SSSR count). The average Bonchev–Trinajstić information content (AvgIpc) is 2.20. The first kappa shape index (κ1) is 12.5. The number of hydrogen-bond acceptors (Lipinski definition) is 2. The SMILES string of the molecule is CC(C)(Oc1ccc(Cl)cc1)C(=O)[CH]Br. The predicted molar refractivity (Wildman–Crippen MR) is 64.4 cm³/mol.